The summed E-state index contributed by atoms with van der Waals surface area (Å²) in [6.45, 7) is 8.72. The topological polar surface area (TPSA) is 112 Å². The number of halogens is 3. The second-order valence-electron chi connectivity index (χ2n) is 4.37. The molecule has 3 N–H and O–H groups in total. The number of Topliss-reactive ketones (excluding diaryl/α,β-unsaturated/α-hetero) is 3. The van der Waals surface area contributed by atoms with E-state index in [1.807, 2.05) is 0 Å². The summed E-state index contributed by atoms with van der Waals surface area (Å²) in [5.41, 5.74) is 0. The number of ketones is 3. The minimum absolute atomic E-state index is 0. The maximum Gasteiger partial charge on any atom is 0.169 e. The molecule has 10 heteroatoms. The first kappa shape index (κ1) is 33.0. The van der Waals surface area contributed by atoms with Crippen molar-refractivity contribution in [1.82, 2.24) is 0 Å². The molecule has 0 aliphatic carbocycles. The summed E-state index contributed by atoms with van der Waals surface area (Å²) >= 11 is 5.40. The first-order valence-electron chi connectivity index (χ1n) is 6.35. The third-order valence-corrected chi connectivity index (χ3v) is 6.50. The smallest absolute Gasteiger partial charge is 0.169 e. The van der Waals surface area contributed by atoms with Crippen LogP contribution in [0, 0.1) is 0 Å². The van der Waals surface area contributed by atoms with Gasteiger partial charge in [0.25, 0.3) is 0 Å². The van der Waals surface area contributed by atoms with E-state index in [1.165, 1.54) is 41.5 Å². The van der Waals surface area contributed by atoms with Crippen molar-refractivity contribution in [3.63, 3.8) is 0 Å². The second kappa shape index (κ2) is 17.7. The maximum atomic E-state index is 10.4. The number of carbonyl (C=O) groups is 3. The summed E-state index contributed by atoms with van der Waals surface area (Å²) in [5, 5.41) is 25.9. The zero-order valence-corrected chi connectivity index (χ0v) is 22.1. The van der Waals surface area contributed by atoms with Gasteiger partial charge in [-0.25, -0.2) is 0 Å². The SMILES string of the molecule is CC(=O)/C(I)=C(/C)O.CC(=O)/C(I)=C(/C)O.CC(=O)/C(I)=C(/C)O.[Fe]. The molecule has 0 saturated carbocycles. The Labute approximate surface area is 199 Å². The van der Waals surface area contributed by atoms with Gasteiger partial charge in [-0.05, 0) is 109 Å². The van der Waals surface area contributed by atoms with Crippen LogP contribution in [0.5, 0.6) is 0 Å². The van der Waals surface area contributed by atoms with Gasteiger partial charge in [0.1, 0.15) is 17.3 Å². The fourth-order valence-electron chi connectivity index (χ4n) is 0.764. The van der Waals surface area contributed by atoms with Gasteiger partial charge in [-0.1, -0.05) is 0 Å². The molecule has 146 valence electrons. The van der Waals surface area contributed by atoms with E-state index in [-0.39, 0.29) is 51.7 Å². The molecular formula is C15H21FeI3O6. The molecule has 25 heavy (non-hydrogen) atoms. The molecular weight excluding hydrogens is 713 g/mol. The molecule has 0 fully saturated rings. The quantitative estimate of drug-likeness (QED) is 0.155. The number of hydrogen-bond acceptors (Lipinski definition) is 6. The molecule has 0 aromatic rings. The Morgan fingerprint density at radius 1 is 0.520 bits per heavy atom. The number of aliphatic hydroxyl groups is 3. The van der Waals surface area contributed by atoms with Crippen LogP contribution >= 0.6 is 67.8 Å². The Balaban J connectivity index is -0.000000130. The summed E-state index contributed by atoms with van der Waals surface area (Å²) in [6, 6.07) is 0. The van der Waals surface area contributed by atoms with E-state index >= 15 is 0 Å². The van der Waals surface area contributed by atoms with Crippen molar-refractivity contribution in [3.05, 3.63) is 28.0 Å². The molecule has 0 atom stereocenters. The number of carbonyl (C=O) groups excluding carboxylic acids is 3. The van der Waals surface area contributed by atoms with Crippen molar-refractivity contribution >= 4 is 85.1 Å². The van der Waals surface area contributed by atoms with Crippen molar-refractivity contribution in [2.24, 2.45) is 0 Å². The van der Waals surface area contributed by atoms with Gasteiger partial charge in [0.05, 0.1) is 10.7 Å². The van der Waals surface area contributed by atoms with E-state index in [2.05, 4.69) is 0 Å². The first-order valence-corrected chi connectivity index (χ1v) is 9.59. The van der Waals surface area contributed by atoms with Gasteiger partial charge < -0.3 is 15.3 Å². The average Bonchev–Trinajstić information content (AvgIpc) is 2.45. The Morgan fingerprint density at radius 3 is 0.640 bits per heavy atom. The Bertz CT molecular complexity index is 487. The molecule has 0 amide bonds. The second-order valence-corrected chi connectivity index (χ2v) is 7.60. The monoisotopic (exact) mass is 734 g/mol. The molecule has 6 nitrogen and oxygen atoms in total. The Hall–Kier alpha value is 0.339. The molecule has 0 aromatic heterocycles. The minimum Gasteiger partial charge on any atom is -0.511 e. The van der Waals surface area contributed by atoms with Gasteiger partial charge in [-0.3, -0.25) is 14.4 Å². The number of hydrogen-bond donors (Lipinski definition) is 3. The molecule has 0 spiro atoms. The Kier molecular flexibility index (Phi) is 23.4. The first-order chi connectivity index (χ1) is 10.7. The third kappa shape index (κ3) is 20.5. The molecule has 0 heterocycles. The number of rotatable bonds is 3. The number of allylic oxidation sites excluding steroid dienone is 6. The van der Waals surface area contributed by atoms with Crippen LogP contribution in [-0.2, 0) is 31.5 Å². The molecule has 0 radical (unpaired) electrons. The normalized spacial score (nSPS) is 12.4. The summed E-state index contributed by atoms with van der Waals surface area (Å²) in [6.07, 6.45) is 0. The summed E-state index contributed by atoms with van der Waals surface area (Å²) in [4.78, 5) is 31.1. The molecule has 0 bridgehead atoms. The van der Waals surface area contributed by atoms with E-state index in [0.717, 1.165) is 0 Å². The van der Waals surface area contributed by atoms with Gasteiger partial charge in [0.15, 0.2) is 17.3 Å². The fraction of sp³-hybridized carbons (Fsp3) is 0.400. The predicted molar refractivity (Wildman–Crippen MR) is 120 cm³/mol. The van der Waals surface area contributed by atoms with Crippen LogP contribution in [0.15, 0.2) is 28.0 Å². The van der Waals surface area contributed by atoms with Crippen molar-refractivity contribution in [3.8, 4) is 0 Å². The Morgan fingerprint density at radius 2 is 0.640 bits per heavy atom. The zero-order valence-electron chi connectivity index (χ0n) is 14.6. The maximum absolute atomic E-state index is 10.4. The van der Waals surface area contributed by atoms with Crippen LogP contribution in [0.4, 0.5) is 0 Å². The third-order valence-electron chi connectivity index (χ3n) is 1.88. The minimum atomic E-state index is -0.0920. The van der Waals surface area contributed by atoms with E-state index in [4.69, 9.17) is 15.3 Å². The van der Waals surface area contributed by atoms with Gasteiger partial charge in [-0.2, -0.15) is 0 Å². The summed E-state index contributed by atoms with van der Waals surface area (Å²) in [5.74, 6) is 0.0103. The van der Waals surface area contributed by atoms with Crippen molar-refractivity contribution in [2.75, 3.05) is 0 Å². The average molecular weight is 734 g/mol. The molecule has 0 unspecified atom stereocenters. The fourth-order valence-corrected chi connectivity index (χ4v) is 0.764. The van der Waals surface area contributed by atoms with Crippen LogP contribution < -0.4 is 0 Å². The van der Waals surface area contributed by atoms with Crippen LogP contribution in [-0.4, -0.2) is 32.7 Å². The summed E-state index contributed by atoms with van der Waals surface area (Å²) in [7, 11) is 0. The van der Waals surface area contributed by atoms with Gasteiger partial charge in [0, 0.05) is 17.1 Å². The molecule has 0 aromatic carbocycles. The van der Waals surface area contributed by atoms with Crippen LogP contribution in [0.25, 0.3) is 0 Å². The van der Waals surface area contributed by atoms with Crippen molar-refractivity contribution < 1.29 is 46.8 Å². The van der Waals surface area contributed by atoms with E-state index in [1.54, 1.807) is 67.8 Å². The predicted octanol–water partition coefficient (Wildman–Crippen LogP) is 5.40. The standard InChI is InChI=1S/3C5H7IO2.Fe/c3*1-3(7)5(6)4(2)8;/h3*7H,1-2H3;/b3*5-3+;. The largest absolute Gasteiger partial charge is 0.511 e. The van der Waals surface area contributed by atoms with Crippen LogP contribution in [0.1, 0.15) is 41.5 Å². The summed E-state index contributed by atoms with van der Waals surface area (Å²) < 4.78 is 1.22. The van der Waals surface area contributed by atoms with Gasteiger partial charge in [0.2, 0.25) is 0 Å². The molecule has 0 aliphatic rings. The number of aliphatic hydroxyl groups excluding tert-OH is 3. The van der Waals surface area contributed by atoms with Crippen LogP contribution in [0.2, 0.25) is 0 Å². The van der Waals surface area contributed by atoms with Gasteiger partial charge >= 0.3 is 0 Å². The molecule has 0 rings (SSSR count). The van der Waals surface area contributed by atoms with Crippen LogP contribution in [0.3, 0.4) is 0 Å². The van der Waals surface area contributed by atoms with E-state index in [9.17, 15) is 14.4 Å². The van der Waals surface area contributed by atoms with Crippen molar-refractivity contribution in [2.45, 2.75) is 41.5 Å². The van der Waals surface area contributed by atoms with E-state index < -0.39 is 0 Å². The van der Waals surface area contributed by atoms with E-state index in [0.29, 0.717) is 10.7 Å². The zero-order chi connectivity index (χ0) is 20.2. The molecule has 0 aliphatic heterocycles. The van der Waals surface area contributed by atoms with Gasteiger partial charge in [-0.15, -0.1) is 0 Å². The molecule has 0 saturated heterocycles. The van der Waals surface area contributed by atoms with Crippen molar-refractivity contribution in [1.29, 1.82) is 0 Å².